The van der Waals surface area contributed by atoms with E-state index < -0.39 is 12.7 Å². The maximum absolute atomic E-state index is 12.4. The highest BCUT2D eigenvalue weighted by atomic mass is 19.4. The molecular weight excluding hydrogens is 255 g/mol. The van der Waals surface area contributed by atoms with E-state index in [0.717, 1.165) is 16.2 Å². The molecule has 1 aromatic heterocycles. The molecule has 0 aliphatic carbocycles. The second-order valence-corrected chi connectivity index (χ2v) is 4.91. The molecule has 0 atom stereocenters. The first kappa shape index (κ1) is 15.8. The van der Waals surface area contributed by atoms with Crippen molar-refractivity contribution in [2.75, 3.05) is 25.5 Å². The van der Waals surface area contributed by atoms with E-state index in [1.807, 2.05) is 19.9 Å². The number of halogens is 3. The molecular formula is C13H20F3N3. The molecule has 0 radical (unpaired) electrons. The average molecular weight is 275 g/mol. The number of pyridine rings is 1. The van der Waals surface area contributed by atoms with Crippen molar-refractivity contribution in [3.8, 4) is 0 Å². The number of nitrogens with zero attached hydrogens (tertiary/aromatic N) is 2. The number of alkyl halides is 3. The first-order valence-electron chi connectivity index (χ1n) is 6.16. The maximum atomic E-state index is 12.4. The van der Waals surface area contributed by atoms with Gasteiger partial charge in [0.1, 0.15) is 12.4 Å². The van der Waals surface area contributed by atoms with Crippen LogP contribution >= 0.6 is 0 Å². The van der Waals surface area contributed by atoms with Gasteiger partial charge in [-0.1, -0.05) is 13.8 Å². The molecule has 0 spiro atoms. The van der Waals surface area contributed by atoms with Crippen molar-refractivity contribution in [2.24, 2.45) is 0 Å². The summed E-state index contributed by atoms with van der Waals surface area (Å²) in [5.74, 6) is 0.531. The summed E-state index contributed by atoms with van der Waals surface area (Å²) in [7, 11) is 3.21. The summed E-state index contributed by atoms with van der Waals surface area (Å²) < 4.78 is 37.3. The summed E-state index contributed by atoms with van der Waals surface area (Å²) in [4.78, 5) is 5.43. The Morgan fingerprint density at radius 2 is 1.95 bits per heavy atom. The van der Waals surface area contributed by atoms with Crippen LogP contribution in [-0.4, -0.2) is 31.8 Å². The normalized spacial score (nSPS) is 12.0. The molecule has 0 aliphatic heterocycles. The molecule has 19 heavy (non-hydrogen) atoms. The van der Waals surface area contributed by atoms with Crippen molar-refractivity contribution in [3.63, 3.8) is 0 Å². The quantitative estimate of drug-likeness (QED) is 0.895. The first-order valence-corrected chi connectivity index (χ1v) is 6.16. The molecule has 0 fully saturated rings. The molecule has 0 saturated carbocycles. The fourth-order valence-electron chi connectivity index (χ4n) is 1.74. The molecule has 1 N–H and O–H groups in total. The lowest BCUT2D eigenvalue weighted by Gasteiger charge is -2.22. The van der Waals surface area contributed by atoms with E-state index in [1.165, 1.54) is 7.05 Å². The Hall–Kier alpha value is -1.30. The first-order chi connectivity index (χ1) is 8.73. The van der Waals surface area contributed by atoms with E-state index in [4.69, 9.17) is 0 Å². The fraction of sp³-hybridized carbons (Fsp3) is 0.615. The SMILES string of the molecule is CNCc1cc(C(C)C)nc(N(C)CC(F)(F)F)c1. The average Bonchev–Trinajstić information content (AvgIpc) is 2.26. The zero-order chi connectivity index (χ0) is 14.6. The van der Waals surface area contributed by atoms with Gasteiger partial charge >= 0.3 is 6.18 Å². The fourth-order valence-corrected chi connectivity index (χ4v) is 1.74. The van der Waals surface area contributed by atoms with Crippen molar-refractivity contribution in [1.82, 2.24) is 10.3 Å². The van der Waals surface area contributed by atoms with Gasteiger partial charge in [0.15, 0.2) is 0 Å². The smallest absolute Gasteiger partial charge is 0.351 e. The van der Waals surface area contributed by atoms with Crippen LogP contribution in [0.3, 0.4) is 0 Å². The van der Waals surface area contributed by atoms with Gasteiger partial charge in [-0.15, -0.1) is 0 Å². The van der Waals surface area contributed by atoms with Crippen molar-refractivity contribution < 1.29 is 13.2 Å². The standard InChI is InChI=1S/C13H20F3N3/c1-9(2)11-5-10(7-17-3)6-12(18-11)19(4)8-13(14,15)16/h5-6,9,17H,7-8H2,1-4H3. The van der Waals surface area contributed by atoms with Gasteiger partial charge in [-0.3, -0.25) is 0 Å². The largest absolute Gasteiger partial charge is 0.405 e. The zero-order valence-electron chi connectivity index (χ0n) is 11.7. The van der Waals surface area contributed by atoms with Gasteiger partial charge in [-0.25, -0.2) is 4.98 Å². The molecule has 0 unspecified atom stereocenters. The van der Waals surface area contributed by atoms with Gasteiger partial charge in [-0.05, 0) is 30.7 Å². The Balaban J connectivity index is 3.04. The highest BCUT2D eigenvalue weighted by molar-refractivity contribution is 5.42. The van der Waals surface area contributed by atoms with Gasteiger partial charge in [-0.2, -0.15) is 13.2 Å². The lowest BCUT2D eigenvalue weighted by molar-refractivity contribution is -0.119. The topological polar surface area (TPSA) is 28.2 Å². The maximum Gasteiger partial charge on any atom is 0.405 e. The second kappa shape index (κ2) is 6.23. The monoisotopic (exact) mass is 275 g/mol. The van der Waals surface area contributed by atoms with Crippen molar-refractivity contribution in [1.29, 1.82) is 0 Å². The number of aromatic nitrogens is 1. The molecule has 0 saturated heterocycles. The predicted molar refractivity (Wildman–Crippen MR) is 70.4 cm³/mol. The summed E-state index contributed by atoms with van der Waals surface area (Å²) in [5, 5.41) is 3.00. The minimum atomic E-state index is -4.23. The summed E-state index contributed by atoms with van der Waals surface area (Å²) >= 11 is 0. The Morgan fingerprint density at radius 1 is 1.32 bits per heavy atom. The van der Waals surface area contributed by atoms with Gasteiger partial charge in [0, 0.05) is 19.3 Å². The third-order valence-corrected chi connectivity index (χ3v) is 2.67. The Labute approximate surface area is 111 Å². The Bertz CT molecular complexity index is 416. The van der Waals surface area contributed by atoms with Gasteiger partial charge < -0.3 is 10.2 Å². The molecule has 0 aromatic carbocycles. The van der Waals surface area contributed by atoms with E-state index in [-0.39, 0.29) is 5.92 Å². The van der Waals surface area contributed by atoms with Crippen LogP contribution in [0.4, 0.5) is 19.0 Å². The molecule has 6 heteroatoms. The number of hydrogen-bond acceptors (Lipinski definition) is 3. The van der Waals surface area contributed by atoms with Crippen LogP contribution in [-0.2, 0) is 6.54 Å². The van der Waals surface area contributed by atoms with Crippen LogP contribution in [0.2, 0.25) is 0 Å². The number of nitrogens with one attached hydrogen (secondary N) is 1. The van der Waals surface area contributed by atoms with Crippen LogP contribution in [0.25, 0.3) is 0 Å². The second-order valence-electron chi connectivity index (χ2n) is 4.91. The van der Waals surface area contributed by atoms with E-state index in [1.54, 1.807) is 13.1 Å². The molecule has 0 bridgehead atoms. The van der Waals surface area contributed by atoms with Crippen LogP contribution in [0.1, 0.15) is 31.0 Å². The summed E-state index contributed by atoms with van der Waals surface area (Å²) in [6, 6.07) is 3.61. The molecule has 3 nitrogen and oxygen atoms in total. The third-order valence-electron chi connectivity index (χ3n) is 2.67. The van der Waals surface area contributed by atoms with E-state index >= 15 is 0 Å². The number of hydrogen-bond donors (Lipinski definition) is 1. The number of rotatable bonds is 5. The lowest BCUT2D eigenvalue weighted by atomic mass is 10.1. The molecule has 1 heterocycles. The van der Waals surface area contributed by atoms with Crippen LogP contribution in [0.5, 0.6) is 0 Å². The molecule has 0 amide bonds. The summed E-state index contributed by atoms with van der Waals surface area (Å²) in [5.41, 5.74) is 1.74. The highest BCUT2D eigenvalue weighted by Gasteiger charge is 2.30. The summed E-state index contributed by atoms with van der Waals surface area (Å²) in [6.45, 7) is 3.55. The van der Waals surface area contributed by atoms with Crippen LogP contribution in [0.15, 0.2) is 12.1 Å². The lowest BCUT2D eigenvalue weighted by Crippen LogP contribution is -2.31. The Kier molecular flexibility index (Phi) is 5.17. The molecule has 108 valence electrons. The molecule has 1 aromatic rings. The van der Waals surface area contributed by atoms with Crippen molar-refractivity contribution in [3.05, 3.63) is 23.4 Å². The molecule has 0 aliphatic rings. The van der Waals surface area contributed by atoms with Gasteiger partial charge in [0.05, 0.1) is 0 Å². The zero-order valence-corrected chi connectivity index (χ0v) is 11.7. The third kappa shape index (κ3) is 5.06. The highest BCUT2D eigenvalue weighted by Crippen LogP contribution is 2.23. The van der Waals surface area contributed by atoms with Crippen molar-refractivity contribution >= 4 is 5.82 Å². The number of anilines is 1. The van der Waals surface area contributed by atoms with Gasteiger partial charge in [0.25, 0.3) is 0 Å². The van der Waals surface area contributed by atoms with Crippen molar-refractivity contribution in [2.45, 2.75) is 32.5 Å². The molecule has 1 rings (SSSR count). The van der Waals surface area contributed by atoms with Crippen LogP contribution < -0.4 is 10.2 Å². The summed E-state index contributed by atoms with van der Waals surface area (Å²) in [6.07, 6.45) is -4.23. The minimum absolute atomic E-state index is 0.176. The van der Waals surface area contributed by atoms with E-state index in [2.05, 4.69) is 10.3 Å². The van der Waals surface area contributed by atoms with Crippen LogP contribution in [0, 0.1) is 0 Å². The minimum Gasteiger partial charge on any atom is -0.351 e. The predicted octanol–water partition coefficient (Wildman–Crippen LogP) is 2.92. The van der Waals surface area contributed by atoms with E-state index in [9.17, 15) is 13.2 Å². The van der Waals surface area contributed by atoms with E-state index in [0.29, 0.717) is 12.4 Å². The Morgan fingerprint density at radius 3 is 2.42 bits per heavy atom. The van der Waals surface area contributed by atoms with Gasteiger partial charge in [0.2, 0.25) is 0 Å².